The molecule has 1 amide bonds. The molecule has 2 aromatic rings. The minimum Gasteiger partial charge on any atom is -0.398 e. The summed E-state index contributed by atoms with van der Waals surface area (Å²) in [7, 11) is 0. The summed E-state index contributed by atoms with van der Waals surface area (Å²) in [4.78, 5) is 12.0. The number of nitrogen functional groups attached to an aromatic ring is 1. The molecule has 2 aromatic carbocycles. The van der Waals surface area contributed by atoms with Gasteiger partial charge in [-0.2, -0.15) is 0 Å². The highest BCUT2D eigenvalue weighted by Crippen LogP contribution is 2.19. The number of aryl methyl sites for hydroxylation is 1. The van der Waals surface area contributed by atoms with E-state index in [1.165, 1.54) is 18.2 Å². The summed E-state index contributed by atoms with van der Waals surface area (Å²) >= 11 is 5.71. The second-order valence-electron chi connectivity index (χ2n) is 4.18. The number of nitrogens with two attached hydrogens (primary N) is 1. The lowest BCUT2D eigenvalue weighted by Crippen LogP contribution is -2.12. The van der Waals surface area contributed by atoms with E-state index < -0.39 is 5.82 Å². The van der Waals surface area contributed by atoms with Crippen LogP contribution in [-0.4, -0.2) is 5.91 Å². The molecule has 0 aliphatic carbocycles. The normalized spacial score (nSPS) is 10.3. The Labute approximate surface area is 115 Å². The van der Waals surface area contributed by atoms with Crippen molar-refractivity contribution in [3.05, 3.63) is 58.4 Å². The molecule has 3 N–H and O–H groups in total. The highest BCUT2D eigenvalue weighted by atomic mass is 35.5. The van der Waals surface area contributed by atoms with Gasteiger partial charge in [0.1, 0.15) is 5.82 Å². The average molecular weight is 279 g/mol. The van der Waals surface area contributed by atoms with Crippen LogP contribution in [0.2, 0.25) is 5.02 Å². The van der Waals surface area contributed by atoms with E-state index in [0.29, 0.717) is 16.9 Å². The molecular weight excluding hydrogens is 267 g/mol. The molecule has 19 heavy (non-hydrogen) atoms. The lowest BCUT2D eigenvalue weighted by Gasteiger charge is -2.07. The van der Waals surface area contributed by atoms with Gasteiger partial charge in [-0.05, 0) is 42.8 Å². The summed E-state index contributed by atoms with van der Waals surface area (Å²) in [5, 5.41) is 2.79. The number of halogens is 2. The maximum Gasteiger partial charge on any atom is 0.255 e. The van der Waals surface area contributed by atoms with Crippen LogP contribution < -0.4 is 11.1 Å². The summed E-state index contributed by atoms with van der Waals surface area (Å²) in [5.74, 6) is -0.875. The van der Waals surface area contributed by atoms with Crippen molar-refractivity contribution in [3.63, 3.8) is 0 Å². The topological polar surface area (TPSA) is 55.1 Å². The zero-order valence-electron chi connectivity index (χ0n) is 10.2. The molecule has 0 aliphatic heterocycles. The van der Waals surface area contributed by atoms with Gasteiger partial charge in [0.25, 0.3) is 5.91 Å². The van der Waals surface area contributed by atoms with Crippen LogP contribution in [0.5, 0.6) is 0 Å². The van der Waals surface area contributed by atoms with Crippen LogP contribution in [0, 0.1) is 12.7 Å². The van der Waals surface area contributed by atoms with Gasteiger partial charge < -0.3 is 11.1 Å². The van der Waals surface area contributed by atoms with Crippen LogP contribution in [0.1, 0.15) is 15.9 Å². The number of hydrogen-bond acceptors (Lipinski definition) is 2. The Bertz CT molecular complexity index is 623. The monoisotopic (exact) mass is 278 g/mol. The smallest absolute Gasteiger partial charge is 0.255 e. The van der Waals surface area contributed by atoms with E-state index in [2.05, 4.69) is 5.32 Å². The van der Waals surface area contributed by atoms with Crippen molar-refractivity contribution < 1.29 is 9.18 Å². The molecule has 0 aliphatic rings. The van der Waals surface area contributed by atoms with Crippen molar-refractivity contribution in [2.45, 2.75) is 6.92 Å². The first-order valence-corrected chi connectivity index (χ1v) is 5.97. The van der Waals surface area contributed by atoms with Crippen molar-refractivity contribution in [2.75, 3.05) is 11.1 Å². The van der Waals surface area contributed by atoms with Crippen molar-refractivity contribution in [3.8, 4) is 0 Å². The summed E-state index contributed by atoms with van der Waals surface area (Å²) in [6.45, 7) is 1.85. The molecule has 0 spiro atoms. The van der Waals surface area contributed by atoms with Crippen LogP contribution in [0.4, 0.5) is 15.8 Å². The molecule has 2 rings (SSSR count). The Kier molecular flexibility index (Phi) is 3.71. The molecule has 0 heterocycles. The standard InChI is InChI=1S/C14H12ClFN2O/c1-8-2-3-9(4-13(8)17)14(19)18-12-6-10(15)5-11(16)7-12/h2-7H,17H2,1H3,(H,18,19). The Morgan fingerprint density at radius 3 is 2.63 bits per heavy atom. The van der Waals surface area contributed by atoms with Crippen LogP contribution in [0.3, 0.4) is 0 Å². The van der Waals surface area contributed by atoms with Gasteiger partial charge in [-0.25, -0.2) is 4.39 Å². The molecule has 5 heteroatoms. The molecule has 0 atom stereocenters. The first-order valence-electron chi connectivity index (χ1n) is 5.59. The third kappa shape index (κ3) is 3.23. The lowest BCUT2D eigenvalue weighted by atomic mass is 10.1. The quantitative estimate of drug-likeness (QED) is 0.824. The van der Waals surface area contributed by atoms with Gasteiger partial charge in [0, 0.05) is 22.0 Å². The van der Waals surface area contributed by atoms with E-state index in [9.17, 15) is 9.18 Å². The SMILES string of the molecule is Cc1ccc(C(=O)Nc2cc(F)cc(Cl)c2)cc1N. The van der Waals surface area contributed by atoms with Crippen molar-refractivity contribution in [1.29, 1.82) is 0 Å². The summed E-state index contributed by atoms with van der Waals surface area (Å²) < 4.78 is 13.1. The van der Waals surface area contributed by atoms with Crippen molar-refractivity contribution in [1.82, 2.24) is 0 Å². The Balaban J connectivity index is 2.22. The molecule has 0 fully saturated rings. The predicted octanol–water partition coefficient (Wildman–Crippen LogP) is 3.62. The van der Waals surface area contributed by atoms with E-state index in [1.807, 2.05) is 6.92 Å². The van der Waals surface area contributed by atoms with Crippen LogP contribution in [0.25, 0.3) is 0 Å². The summed E-state index contributed by atoms with van der Waals surface area (Å²) in [5.41, 5.74) is 7.87. The highest BCUT2D eigenvalue weighted by Gasteiger charge is 2.08. The fourth-order valence-corrected chi connectivity index (χ4v) is 1.83. The molecule has 0 bridgehead atoms. The van der Waals surface area contributed by atoms with Gasteiger partial charge in [0.2, 0.25) is 0 Å². The van der Waals surface area contributed by atoms with Gasteiger partial charge in [0.15, 0.2) is 0 Å². The van der Waals surface area contributed by atoms with Gasteiger partial charge in [0.05, 0.1) is 0 Å². The molecule has 0 unspecified atom stereocenters. The third-order valence-corrected chi connectivity index (χ3v) is 2.88. The molecule has 0 aromatic heterocycles. The third-order valence-electron chi connectivity index (χ3n) is 2.66. The number of hydrogen-bond donors (Lipinski definition) is 2. The summed E-state index contributed by atoms with van der Waals surface area (Å²) in [6.07, 6.45) is 0. The Hall–Kier alpha value is -2.07. The number of anilines is 2. The van der Waals surface area contributed by atoms with Crippen LogP contribution in [0.15, 0.2) is 36.4 Å². The van der Waals surface area contributed by atoms with Crippen LogP contribution >= 0.6 is 11.6 Å². The molecule has 98 valence electrons. The number of benzene rings is 2. The number of carbonyl (C=O) groups is 1. The Morgan fingerprint density at radius 2 is 2.00 bits per heavy atom. The highest BCUT2D eigenvalue weighted by molar-refractivity contribution is 6.31. The maximum atomic E-state index is 13.1. The molecule has 0 saturated heterocycles. The number of carbonyl (C=O) groups excluding carboxylic acids is 1. The van der Waals surface area contributed by atoms with Gasteiger partial charge in [-0.3, -0.25) is 4.79 Å². The van der Waals surface area contributed by atoms with Gasteiger partial charge in [-0.1, -0.05) is 17.7 Å². The van der Waals surface area contributed by atoms with E-state index >= 15 is 0 Å². The van der Waals surface area contributed by atoms with E-state index in [4.69, 9.17) is 17.3 Å². The Morgan fingerprint density at radius 1 is 1.26 bits per heavy atom. The average Bonchev–Trinajstić information content (AvgIpc) is 2.31. The maximum absolute atomic E-state index is 13.1. The fourth-order valence-electron chi connectivity index (χ4n) is 1.61. The first kappa shape index (κ1) is 13.4. The van der Waals surface area contributed by atoms with Gasteiger partial charge in [-0.15, -0.1) is 0 Å². The largest absolute Gasteiger partial charge is 0.398 e. The second kappa shape index (κ2) is 5.28. The lowest BCUT2D eigenvalue weighted by molar-refractivity contribution is 0.102. The van der Waals surface area contributed by atoms with Gasteiger partial charge >= 0.3 is 0 Å². The fraction of sp³-hybridized carbons (Fsp3) is 0.0714. The number of amides is 1. The minimum atomic E-state index is -0.508. The molecule has 0 radical (unpaired) electrons. The van der Waals surface area contributed by atoms with Crippen molar-refractivity contribution >= 4 is 28.9 Å². The molecule has 0 saturated carbocycles. The second-order valence-corrected chi connectivity index (χ2v) is 4.62. The molecule has 3 nitrogen and oxygen atoms in total. The molecular formula is C14H12ClFN2O. The predicted molar refractivity (Wildman–Crippen MR) is 75.0 cm³/mol. The van der Waals surface area contributed by atoms with E-state index in [0.717, 1.165) is 5.56 Å². The first-order chi connectivity index (χ1) is 8.95. The number of rotatable bonds is 2. The summed E-state index contributed by atoms with van der Waals surface area (Å²) in [6, 6.07) is 8.82. The minimum absolute atomic E-state index is 0.221. The van der Waals surface area contributed by atoms with Crippen molar-refractivity contribution in [2.24, 2.45) is 0 Å². The van der Waals surface area contributed by atoms with Crippen LogP contribution in [-0.2, 0) is 0 Å². The van der Waals surface area contributed by atoms with E-state index in [-0.39, 0.29) is 10.9 Å². The zero-order valence-corrected chi connectivity index (χ0v) is 11.0. The number of nitrogens with one attached hydrogen (secondary N) is 1. The zero-order chi connectivity index (χ0) is 14.0. The van der Waals surface area contributed by atoms with E-state index in [1.54, 1.807) is 18.2 Å².